The van der Waals surface area contributed by atoms with Gasteiger partial charge in [0.2, 0.25) is 0 Å². The first kappa shape index (κ1) is 17.8. The summed E-state index contributed by atoms with van der Waals surface area (Å²) in [5, 5.41) is 15.9. The molecule has 0 radical (unpaired) electrons. The number of rotatable bonds is 2. The number of fused-ring (bicyclic) bond motifs is 5. The van der Waals surface area contributed by atoms with Gasteiger partial charge in [-0.2, -0.15) is 13.6 Å². The minimum Gasteiger partial charge on any atom is -0.377 e. The zero-order valence-corrected chi connectivity index (χ0v) is 15.8. The van der Waals surface area contributed by atoms with Crippen LogP contribution in [0.15, 0.2) is 18.2 Å². The first-order valence-corrected chi connectivity index (χ1v) is 10.7. The molecule has 0 saturated heterocycles. The van der Waals surface area contributed by atoms with Crippen LogP contribution in [0.25, 0.3) is 0 Å². The maximum Gasteiger partial charge on any atom is 0.380 e. The highest BCUT2D eigenvalue weighted by Crippen LogP contribution is 2.64. The zero-order valence-electron chi connectivity index (χ0n) is 14.9. The lowest BCUT2D eigenvalue weighted by Crippen LogP contribution is -2.50. The molecule has 2 saturated carbocycles. The van der Waals surface area contributed by atoms with Gasteiger partial charge in [0, 0.05) is 5.41 Å². The second kappa shape index (κ2) is 5.72. The third-order valence-corrected chi connectivity index (χ3v) is 7.73. The summed E-state index contributed by atoms with van der Waals surface area (Å²) < 4.78 is 27.2. The lowest BCUT2D eigenvalue weighted by molar-refractivity contribution is -0.0646. The Morgan fingerprint density at radius 2 is 2.08 bits per heavy atom. The normalized spacial score (nSPS) is 38.6. The fourth-order valence-electron chi connectivity index (χ4n) is 6.00. The predicted octanol–water partition coefficient (Wildman–Crippen LogP) is 2.49. The van der Waals surface area contributed by atoms with Crippen LogP contribution in [-0.2, 0) is 16.7 Å². The van der Waals surface area contributed by atoms with Gasteiger partial charge in [-0.25, -0.2) is 0 Å². The first-order chi connectivity index (χ1) is 12.2. The van der Waals surface area contributed by atoms with E-state index in [4.69, 9.17) is 15.7 Å². The summed E-state index contributed by atoms with van der Waals surface area (Å²) >= 11 is 0. The fraction of sp³-hybridized carbons (Fsp3) is 0.600. The van der Waals surface area contributed by atoms with Gasteiger partial charge in [-0.15, -0.1) is 6.42 Å². The third-order valence-electron chi connectivity index (χ3n) is 7.30. The second-order valence-corrected chi connectivity index (χ2v) is 9.50. The molecular formula is C20H25NO4S. The van der Waals surface area contributed by atoms with Crippen LogP contribution in [0.1, 0.15) is 56.1 Å². The topological polar surface area (TPSA) is 89.6 Å². The molecule has 5 nitrogen and oxygen atoms in total. The van der Waals surface area contributed by atoms with Crippen molar-refractivity contribution >= 4 is 10.3 Å². The molecule has 3 N–H and O–H groups in total. The average Bonchev–Trinajstić information content (AvgIpc) is 2.85. The molecule has 0 aromatic heterocycles. The van der Waals surface area contributed by atoms with Crippen LogP contribution in [0, 0.1) is 29.6 Å². The summed E-state index contributed by atoms with van der Waals surface area (Å²) in [5.74, 6) is 4.33. The van der Waals surface area contributed by atoms with Gasteiger partial charge in [0.25, 0.3) is 0 Å². The summed E-state index contributed by atoms with van der Waals surface area (Å²) in [4.78, 5) is 0. The monoisotopic (exact) mass is 375 g/mol. The first-order valence-electron chi connectivity index (χ1n) is 9.22. The SMILES string of the molecule is C#C[C@]1(O)CC[C@H]2[C@@H]3CCc4cc(OS(N)(=O)=O)ccc4[C@H]3CC[C@@]21C. The Bertz CT molecular complexity index is 890. The number of benzene rings is 1. The van der Waals surface area contributed by atoms with Crippen LogP contribution in [0.4, 0.5) is 0 Å². The Morgan fingerprint density at radius 1 is 1.31 bits per heavy atom. The molecule has 5 atom stereocenters. The van der Waals surface area contributed by atoms with E-state index in [9.17, 15) is 13.5 Å². The van der Waals surface area contributed by atoms with E-state index in [1.807, 2.05) is 6.07 Å². The van der Waals surface area contributed by atoms with Crippen LogP contribution in [0.5, 0.6) is 5.75 Å². The number of terminal acetylenes is 1. The van der Waals surface area contributed by atoms with Crippen molar-refractivity contribution in [3.05, 3.63) is 29.3 Å². The standard InChI is InChI=1S/C20H25NO4S/c1-3-20(22)11-9-18-17-6-4-13-12-14(25-26(21,23)24)5-7-15(13)16(17)8-10-19(18,20)2/h1,5,7,12,16-18,22H,4,6,8-11H2,2H3,(H2,21,23,24)/t16-,17-,18+,19+,20+/m1/s1. The van der Waals surface area contributed by atoms with Crippen LogP contribution in [0.3, 0.4) is 0 Å². The molecule has 1 aromatic carbocycles. The fourth-order valence-corrected chi connectivity index (χ4v) is 6.37. The molecule has 0 heterocycles. The van der Waals surface area contributed by atoms with E-state index in [1.54, 1.807) is 12.1 Å². The molecular weight excluding hydrogens is 350 g/mol. The van der Waals surface area contributed by atoms with Gasteiger partial charge < -0.3 is 9.29 Å². The summed E-state index contributed by atoms with van der Waals surface area (Å²) in [7, 11) is -4.01. The molecule has 0 bridgehead atoms. The number of hydrogen-bond acceptors (Lipinski definition) is 4. The molecule has 6 heteroatoms. The molecule has 0 spiro atoms. The Kier molecular flexibility index (Phi) is 3.93. The largest absolute Gasteiger partial charge is 0.380 e. The van der Waals surface area contributed by atoms with E-state index < -0.39 is 15.9 Å². The molecule has 3 aliphatic carbocycles. The summed E-state index contributed by atoms with van der Waals surface area (Å²) in [6, 6.07) is 5.47. The molecule has 3 aliphatic rings. The molecule has 26 heavy (non-hydrogen) atoms. The number of aryl methyl sites for hydroxylation is 1. The Hall–Kier alpha value is -1.55. The number of nitrogens with two attached hydrogens (primary N) is 1. The van der Waals surface area contributed by atoms with Crippen molar-refractivity contribution in [1.82, 2.24) is 0 Å². The van der Waals surface area contributed by atoms with Crippen molar-refractivity contribution < 1.29 is 17.7 Å². The van der Waals surface area contributed by atoms with Gasteiger partial charge in [0.1, 0.15) is 11.4 Å². The van der Waals surface area contributed by atoms with Crippen molar-refractivity contribution in [1.29, 1.82) is 0 Å². The molecule has 2 fully saturated rings. The van der Waals surface area contributed by atoms with E-state index in [0.29, 0.717) is 24.2 Å². The van der Waals surface area contributed by atoms with Gasteiger partial charge in [-0.05, 0) is 79.5 Å². The minimum absolute atomic E-state index is 0.211. The van der Waals surface area contributed by atoms with Crippen LogP contribution >= 0.6 is 0 Å². The van der Waals surface area contributed by atoms with E-state index in [-0.39, 0.29) is 11.2 Å². The zero-order chi connectivity index (χ0) is 18.7. The lowest BCUT2D eigenvalue weighted by Gasteiger charge is -2.52. The van der Waals surface area contributed by atoms with Crippen molar-refractivity contribution in [3.63, 3.8) is 0 Å². The smallest absolute Gasteiger partial charge is 0.377 e. The maximum atomic E-state index is 11.2. The van der Waals surface area contributed by atoms with Crippen molar-refractivity contribution in [3.8, 4) is 18.1 Å². The second-order valence-electron chi connectivity index (χ2n) is 8.35. The van der Waals surface area contributed by atoms with Gasteiger partial charge in [-0.1, -0.05) is 18.9 Å². The van der Waals surface area contributed by atoms with E-state index >= 15 is 0 Å². The Labute approximate surface area is 155 Å². The van der Waals surface area contributed by atoms with Gasteiger partial charge in [0.15, 0.2) is 0 Å². The molecule has 0 unspecified atom stereocenters. The lowest BCUT2D eigenvalue weighted by atomic mass is 9.53. The Morgan fingerprint density at radius 3 is 2.77 bits per heavy atom. The van der Waals surface area contributed by atoms with Crippen molar-refractivity contribution in [2.45, 2.75) is 57.0 Å². The highest BCUT2D eigenvalue weighted by molar-refractivity contribution is 7.84. The third kappa shape index (κ3) is 2.57. The van der Waals surface area contributed by atoms with Gasteiger partial charge in [-0.3, -0.25) is 0 Å². The molecule has 140 valence electrons. The van der Waals surface area contributed by atoms with Crippen molar-refractivity contribution in [2.75, 3.05) is 0 Å². The maximum absolute atomic E-state index is 11.2. The highest BCUT2D eigenvalue weighted by atomic mass is 32.2. The van der Waals surface area contributed by atoms with Gasteiger partial charge >= 0.3 is 10.3 Å². The van der Waals surface area contributed by atoms with Crippen LogP contribution in [0.2, 0.25) is 0 Å². The average molecular weight is 375 g/mol. The molecule has 1 aromatic rings. The van der Waals surface area contributed by atoms with Crippen LogP contribution < -0.4 is 9.32 Å². The minimum atomic E-state index is -4.01. The quantitative estimate of drug-likeness (QED) is 0.777. The molecule has 0 amide bonds. The summed E-state index contributed by atoms with van der Waals surface area (Å²) in [6.45, 7) is 2.17. The predicted molar refractivity (Wildman–Crippen MR) is 98.6 cm³/mol. The molecule has 0 aliphatic heterocycles. The van der Waals surface area contributed by atoms with Crippen molar-refractivity contribution in [2.24, 2.45) is 22.4 Å². The number of aliphatic hydroxyl groups is 1. The van der Waals surface area contributed by atoms with Crippen LogP contribution in [-0.4, -0.2) is 19.1 Å². The molecule has 4 rings (SSSR count). The van der Waals surface area contributed by atoms with E-state index in [1.165, 1.54) is 5.56 Å². The van der Waals surface area contributed by atoms with E-state index in [2.05, 4.69) is 12.8 Å². The number of hydrogen-bond donors (Lipinski definition) is 2. The van der Waals surface area contributed by atoms with E-state index in [0.717, 1.165) is 37.7 Å². The van der Waals surface area contributed by atoms with Gasteiger partial charge in [0.05, 0.1) is 0 Å². The summed E-state index contributed by atoms with van der Waals surface area (Å²) in [6.07, 6.45) is 11.2. The Balaban J connectivity index is 1.65. The summed E-state index contributed by atoms with van der Waals surface area (Å²) in [5.41, 5.74) is 1.22. The highest BCUT2D eigenvalue weighted by Gasteiger charge is 2.61.